The van der Waals surface area contributed by atoms with Crippen LogP contribution in [-0.4, -0.2) is 11.2 Å². The Morgan fingerprint density at radius 1 is 0.583 bits per heavy atom. The predicted molar refractivity (Wildman–Crippen MR) is 150 cm³/mol. The lowest BCUT2D eigenvalue weighted by molar-refractivity contribution is -0.114. The highest BCUT2D eigenvalue weighted by atomic mass is 35.5. The van der Waals surface area contributed by atoms with Crippen LogP contribution in [0.15, 0.2) is 90.5 Å². The third-order valence-corrected chi connectivity index (χ3v) is 9.07. The molecule has 3 aliphatic carbocycles. The number of carbonyl (C=O) groups is 1. The molecule has 0 aliphatic heterocycles. The minimum Gasteiger partial charge on any atom is -0.292 e. The normalized spacial score (nSPS) is 18.0. The van der Waals surface area contributed by atoms with Gasteiger partial charge in [-0.05, 0) is 88.5 Å². The van der Waals surface area contributed by atoms with E-state index in [1.54, 1.807) is 0 Å². The number of hydrogen-bond donors (Lipinski definition) is 0. The maximum absolute atomic E-state index is 12.9. The van der Waals surface area contributed by atoms with E-state index in [4.69, 9.17) is 11.6 Å². The highest BCUT2D eigenvalue weighted by Crippen LogP contribution is 2.50. The van der Waals surface area contributed by atoms with Gasteiger partial charge in [0.25, 0.3) is 0 Å². The second-order valence-electron chi connectivity index (χ2n) is 10.4. The topological polar surface area (TPSA) is 17.1 Å². The van der Waals surface area contributed by atoms with Crippen LogP contribution in [0.5, 0.6) is 0 Å². The number of Topliss-reactive ketones (excluding diaryl/α,β-unsaturated/α-hetero) is 1. The molecule has 36 heavy (non-hydrogen) atoms. The summed E-state index contributed by atoms with van der Waals surface area (Å²) in [4.78, 5) is 12.9. The van der Waals surface area contributed by atoms with Crippen LogP contribution in [-0.2, 0) is 17.6 Å². The molecule has 3 aliphatic rings. The Labute approximate surface area is 212 Å². The monoisotopic (exact) mass is 478 g/mol. The molecule has 6 aromatic rings. The van der Waals surface area contributed by atoms with Gasteiger partial charge in [-0.15, -0.1) is 11.6 Å². The average molecular weight is 479 g/mol. The maximum atomic E-state index is 12.9. The first kappa shape index (κ1) is 19.3. The Balaban J connectivity index is 1.46. The van der Waals surface area contributed by atoms with Crippen LogP contribution in [0.4, 0.5) is 0 Å². The minimum absolute atomic E-state index is 0.0399. The molecule has 0 aromatic heterocycles. The average Bonchev–Trinajstić information content (AvgIpc) is 2.92. The fourth-order valence-electron chi connectivity index (χ4n) is 7.21. The molecule has 0 radical (unpaired) electrons. The van der Waals surface area contributed by atoms with Gasteiger partial charge in [0, 0.05) is 12.0 Å². The van der Waals surface area contributed by atoms with Gasteiger partial charge in [-0.3, -0.25) is 4.79 Å². The molecule has 0 amide bonds. The van der Waals surface area contributed by atoms with Crippen molar-refractivity contribution in [1.82, 2.24) is 0 Å². The van der Waals surface area contributed by atoms with Crippen LogP contribution in [0.1, 0.15) is 22.3 Å². The fraction of sp³-hybridized carbons (Fsp3) is 0.0882. The summed E-state index contributed by atoms with van der Waals surface area (Å²) in [6.45, 7) is 0. The Morgan fingerprint density at radius 2 is 1.19 bits per heavy atom. The molecular formula is C34H19ClO. The van der Waals surface area contributed by atoms with Crippen molar-refractivity contribution in [1.29, 1.82) is 0 Å². The number of benzene rings is 6. The van der Waals surface area contributed by atoms with Crippen molar-refractivity contribution < 1.29 is 4.79 Å². The number of ketones is 1. The number of hydrogen-bond acceptors (Lipinski definition) is 1. The van der Waals surface area contributed by atoms with Gasteiger partial charge >= 0.3 is 0 Å². The SMILES string of the molecule is O=C1C2=C(C=CC1Cl)c1ccc3c4ccc5c6c(ccc(c7ccc(c1c37)C2)c64)-c1ccccc1C5. The van der Waals surface area contributed by atoms with Crippen molar-refractivity contribution in [2.45, 2.75) is 18.2 Å². The van der Waals surface area contributed by atoms with Crippen molar-refractivity contribution in [2.24, 2.45) is 0 Å². The van der Waals surface area contributed by atoms with E-state index in [0.717, 1.165) is 23.1 Å². The summed E-state index contributed by atoms with van der Waals surface area (Å²) in [5.41, 5.74) is 9.79. The lowest BCUT2D eigenvalue weighted by atomic mass is 9.76. The molecule has 9 rings (SSSR count). The largest absolute Gasteiger partial charge is 0.292 e. The summed E-state index contributed by atoms with van der Waals surface area (Å²) in [5.74, 6) is 0.0399. The lowest BCUT2D eigenvalue weighted by Gasteiger charge is -2.28. The maximum Gasteiger partial charge on any atom is 0.181 e. The molecule has 6 aromatic carbocycles. The van der Waals surface area contributed by atoms with Gasteiger partial charge < -0.3 is 0 Å². The van der Waals surface area contributed by atoms with Crippen LogP contribution in [0, 0.1) is 0 Å². The molecule has 0 heterocycles. The van der Waals surface area contributed by atoms with Crippen molar-refractivity contribution in [3.8, 4) is 11.1 Å². The second kappa shape index (κ2) is 6.43. The number of alkyl halides is 1. The second-order valence-corrected chi connectivity index (χ2v) is 10.9. The third kappa shape index (κ3) is 2.17. The van der Waals surface area contributed by atoms with Crippen LogP contribution in [0.3, 0.4) is 0 Å². The minimum atomic E-state index is -0.560. The molecule has 0 saturated carbocycles. The summed E-state index contributed by atoms with van der Waals surface area (Å²) < 4.78 is 0. The number of halogens is 1. The predicted octanol–water partition coefficient (Wildman–Crippen LogP) is 8.36. The van der Waals surface area contributed by atoms with Gasteiger partial charge in [0.05, 0.1) is 0 Å². The van der Waals surface area contributed by atoms with E-state index in [1.165, 1.54) is 70.9 Å². The van der Waals surface area contributed by atoms with E-state index >= 15 is 0 Å². The molecule has 1 nitrogen and oxygen atoms in total. The van der Waals surface area contributed by atoms with Crippen LogP contribution in [0.2, 0.25) is 0 Å². The Morgan fingerprint density at radius 3 is 1.94 bits per heavy atom. The van der Waals surface area contributed by atoms with E-state index in [9.17, 15) is 4.79 Å². The van der Waals surface area contributed by atoms with Gasteiger partial charge in [-0.2, -0.15) is 0 Å². The van der Waals surface area contributed by atoms with E-state index < -0.39 is 5.38 Å². The van der Waals surface area contributed by atoms with Gasteiger partial charge in [0.2, 0.25) is 0 Å². The third-order valence-electron chi connectivity index (χ3n) is 8.73. The molecule has 1 unspecified atom stereocenters. The molecule has 168 valence electrons. The quantitative estimate of drug-likeness (QED) is 0.121. The molecule has 0 spiro atoms. The first-order chi connectivity index (χ1) is 17.7. The summed E-state index contributed by atoms with van der Waals surface area (Å²) in [5, 5.41) is 10.1. The van der Waals surface area contributed by atoms with E-state index in [1.807, 2.05) is 6.08 Å². The molecule has 0 bridgehead atoms. The van der Waals surface area contributed by atoms with Crippen molar-refractivity contribution in [3.63, 3.8) is 0 Å². The Hall–Kier alpha value is -3.94. The fourth-order valence-corrected chi connectivity index (χ4v) is 7.41. The summed E-state index contributed by atoms with van der Waals surface area (Å²) in [6, 6.07) is 27.2. The van der Waals surface area contributed by atoms with Gasteiger partial charge in [0.15, 0.2) is 5.78 Å². The van der Waals surface area contributed by atoms with Crippen LogP contribution in [0.25, 0.3) is 59.8 Å². The smallest absolute Gasteiger partial charge is 0.181 e. The molecule has 0 N–H and O–H groups in total. The van der Waals surface area contributed by atoms with E-state index in [0.29, 0.717) is 6.42 Å². The van der Waals surface area contributed by atoms with E-state index in [2.05, 4.69) is 78.9 Å². The van der Waals surface area contributed by atoms with Crippen molar-refractivity contribution in [3.05, 3.63) is 113 Å². The van der Waals surface area contributed by atoms with Gasteiger partial charge in [0.1, 0.15) is 5.38 Å². The number of rotatable bonds is 0. The molecule has 0 saturated heterocycles. The van der Waals surface area contributed by atoms with E-state index in [-0.39, 0.29) is 5.78 Å². The zero-order chi connectivity index (χ0) is 23.7. The zero-order valence-corrected chi connectivity index (χ0v) is 20.1. The molecule has 2 heteroatoms. The zero-order valence-electron chi connectivity index (χ0n) is 19.4. The van der Waals surface area contributed by atoms with Crippen molar-refractivity contribution in [2.75, 3.05) is 0 Å². The number of carbonyl (C=O) groups excluding carboxylic acids is 1. The number of allylic oxidation sites excluding steroid dienone is 4. The Bertz CT molecular complexity index is 2050. The lowest BCUT2D eigenvalue weighted by Crippen LogP contribution is -2.22. The first-order valence-electron chi connectivity index (χ1n) is 12.6. The first-order valence-corrected chi connectivity index (χ1v) is 13.0. The van der Waals surface area contributed by atoms with Gasteiger partial charge in [-0.1, -0.05) is 84.9 Å². The molecule has 1 atom stereocenters. The summed E-state index contributed by atoms with van der Waals surface area (Å²) in [7, 11) is 0. The molecular weight excluding hydrogens is 460 g/mol. The highest BCUT2D eigenvalue weighted by Gasteiger charge is 2.31. The Kier molecular flexibility index (Phi) is 3.44. The van der Waals surface area contributed by atoms with Crippen LogP contribution >= 0.6 is 11.6 Å². The standard InChI is InChI=1S/C34H19ClO/c35-29-14-13-21-23-10-12-27-24-7-5-18-15-17-3-1-2-4-20(17)22-9-11-26(32(24)30(18)22)25-8-6-19(31(23)33(25)27)16-28(21)34(29)36/h1-14,29H,15-16H2. The van der Waals surface area contributed by atoms with Crippen LogP contribution < -0.4 is 0 Å². The van der Waals surface area contributed by atoms with Crippen molar-refractivity contribution >= 4 is 66.0 Å². The summed E-state index contributed by atoms with van der Waals surface area (Å²) >= 11 is 6.30. The van der Waals surface area contributed by atoms with Gasteiger partial charge in [-0.25, -0.2) is 0 Å². The molecule has 0 fully saturated rings. The highest BCUT2D eigenvalue weighted by molar-refractivity contribution is 6.39. The summed E-state index contributed by atoms with van der Waals surface area (Å²) in [6.07, 6.45) is 5.51. The number of fused-ring (bicyclic) bond motifs is 5.